The van der Waals surface area contributed by atoms with Gasteiger partial charge in [-0.2, -0.15) is 5.10 Å². The summed E-state index contributed by atoms with van der Waals surface area (Å²) >= 11 is 0. The van der Waals surface area contributed by atoms with Crippen molar-refractivity contribution < 1.29 is 0 Å². The van der Waals surface area contributed by atoms with E-state index in [1.807, 2.05) is 11.7 Å². The number of rotatable bonds is 4. The molecule has 1 heterocycles. The van der Waals surface area contributed by atoms with Crippen LogP contribution in [0.5, 0.6) is 0 Å². The molecule has 1 fully saturated rings. The minimum atomic E-state index is 0.353. The maximum atomic E-state index is 5.54. The largest absolute Gasteiger partial charge is 0.271 e. The van der Waals surface area contributed by atoms with Crippen LogP contribution in [-0.2, 0) is 13.5 Å². The molecule has 14 heavy (non-hydrogen) atoms. The van der Waals surface area contributed by atoms with Crippen molar-refractivity contribution in [2.45, 2.75) is 31.7 Å². The molecule has 5 heteroatoms. The van der Waals surface area contributed by atoms with Gasteiger partial charge in [0.2, 0.25) is 0 Å². The zero-order valence-electron chi connectivity index (χ0n) is 8.48. The molecule has 0 bridgehead atoms. The maximum Gasteiger partial charge on any atom is 0.138 e. The smallest absolute Gasteiger partial charge is 0.138 e. The summed E-state index contributed by atoms with van der Waals surface area (Å²) in [6.07, 6.45) is 6.36. The van der Waals surface area contributed by atoms with Gasteiger partial charge in [0, 0.05) is 19.5 Å². The molecule has 0 aromatic carbocycles. The lowest BCUT2D eigenvalue weighted by Gasteiger charge is -2.32. The van der Waals surface area contributed by atoms with E-state index in [0.29, 0.717) is 6.04 Å². The summed E-state index contributed by atoms with van der Waals surface area (Å²) in [5.41, 5.74) is 2.89. The second-order valence-corrected chi connectivity index (χ2v) is 3.97. The number of aryl methyl sites for hydroxylation is 1. The van der Waals surface area contributed by atoms with Crippen LogP contribution in [0.3, 0.4) is 0 Å². The molecule has 1 aliphatic rings. The average molecular weight is 195 g/mol. The molecular weight excluding hydrogens is 178 g/mol. The zero-order chi connectivity index (χ0) is 9.97. The quantitative estimate of drug-likeness (QED) is 0.524. The predicted molar refractivity (Wildman–Crippen MR) is 53.2 cm³/mol. The van der Waals surface area contributed by atoms with Crippen molar-refractivity contribution in [1.82, 2.24) is 20.2 Å². The van der Waals surface area contributed by atoms with Crippen molar-refractivity contribution in [3.8, 4) is 0 Å². The van der Waals surface area contributed by atoms with E-state index in [1.165, 1.54) is 19.3 Å². The highest BCUT2D eigenvalue weighted by molar-refractivity contribution is 4.92. The summed E-state index contributed by atoms with van der Waals surface area (Å²) in [4.78, 5) is 4.20. The number of hydrogen-bond acceptors (Lipinski definition) is 4. The van der Waals surface area contributed by atoms with Gasteiger partial charge in [-0.05, 0) is 18.8 Å². The van der Waals surface area contributed by atoms with Gasteiger partial charge < -0.3 is 0 Å². The van der Waals surface area contributed by atoms with E-state index in [1.54, 1.807) is 6.33 Å². The molecule has 78 valence electrons. The summed E-state index contributed by atoms with van der Waals surface area (Å²) in [5, 5.41) is 4.04. The van der Waals surface area contributed by atoms with Gasteiger partial charge in [-0.3, -0.25) is 16.0 Å². The van der Waals surface area contributed by atoms with Crippen LogP contribution in [0.4, 0.5) is 0 Å². The molecule has 0 spiro atoms. The third kappa shape index (κ3) is 1.78. The van der Waals surface area contributed by atoms with Crippen LogP contribution in [0.1, 0.15) is 25.1 Å². The molecule has 1 atom stereocenters. The maximum absolute atomic E-state index is 5.54. The van der Waals surface area contributed by atoms with Crippen LogP contribution in [0.25, 0.3) is 0 Å². The van der Waals surface area contributed by atoms with E-state index < -0.39 is 0 Å². The normalized spacial score (nSPS) is 19.3. The highest BCUT2D eigenvalue weighted by Crippen LogP contribution is 2.30. The van der Waals surface area contributed by atoms with Gasteiger partial charge in [-0.15, -0.1) is 0 Å². The molecule has 0 amide bonds. The Balaban J connectivity index is 1.97. The minimum absolute atomic E-state index is 0.353. The lowest BCUT2D eigenvalue weighted by molar-refractivity contribution is 0.225. The number of nitrogens with one attached hydrogen (secondary N) is 1. The summed E-state index contributed by atoms with van der Waals surface area (Å²) in [6.45, 7) is 0. The Morgan fingerprint density at radius 3 is 2.93 bits per heavy atom. The van der Waals surface area contributed by atoms with Crippen LogP contribution in [0.15, 0.2) is 6.33 Å². The van der Waals surface area contributed by atoms with Crippen molar-refractivity contribution in [3.63, 3.8) is 0 Å². The first-order valence-electron chi connectivity index (χ1n) is 5.10. The Morgan fingerprint density at radius 1 is 1.71 bits per heavy atom. The molecule has 0 aliphatic heterocycles. The SMILES string of the molecule is Cn1ncnc1CC(NN)C1CCC1. The summed E-state index contributed by atoms with van der Waals surface area (Å²) in [7, 11) is 1.91. The minimum Gasteiger partial charge on any atom is -0.271 e. The van der Waals surface area contributed by atoms with Crippen molar-refractivity contribution in [1.29, 1.82) is 0 Å². The van der Waals surface area contributed by atoms with E-state index in [9.17, 15) is 0 Å². The fourth-order valence-corrected chi connectivity index (χ4v) is 1.91. The average Bonchev–Trinajstić information content (AvgIpc) is 2.47. The van der Waals surface area contributed by atoms with E-state index in [0.717, 1.165) is 18.2 Å². The summed E-state index contributed by atoms with van der Waals surface area (Å²) in [6, 6.07) is 0.353. The van der Waals surface area contributed by atoms with Crippen molar-refractivity contribution in [3.05, 3.63) is 12.2 Å². The van der Waals surface area contributed by atoms with Crippen LogP contribution < -0.4 is 11.3 Å². The zero-order valence-corrected chi connectivity index (χ0v) is 8.48. The lowest BCUT2D eigenvalue weighted by atomic mass is 9.79. The first-order chi connectivity index (χ1) is 6.81. The first kappa shape index (κ1) is 9.61. The molecule has 2 rings (SSSR count). The monoisotopic (exact) mass is 195 g/mol. The van der Waals surface area contributed by atoms with E-state index in [-0.39, 0.29) is 0 Å². The van der Waals surface area contributed by atoms with Crippen LogP contribution >= 0.6 is 0 Å². The van der Waals surface area contributed by atoms with Crippen molar-refractivity contribution in [2.24, 2.45) is 18.8 Å². The Kier molecular flexibility index (Phi) is 2.79. The fraction of sp³-hybridized carbons (Fsp3) is 0.778. The number of hydrazine groups is 1. The Morgan fingerprint density at radius 2 is 2.50 bits per heavy atom. The van der Waals surface area contributed by atoms with Crippen LogP contribution in [0.2, 0.25) is 0 Å². The second kappa shape index (κ2) is 4.06. The molecule has 1 aromatic rings. The topological polar surface area (TPSA) is 68.8 Å². The molecule has 0 saturated heterocycles. The van der Waals surface area contributed by atoms with E-state index in [2.05, 4.69) is 15.5 Å². The van der Waals surface area contributed by atoms with Crippen LogP contribution in [0, 0.1) is 5.92 Å². The molecule has 1 saturated carbocycles. The highest BCUT2D eigenvalue weighted by Gasteiger charge is 2.27. The number of nitrogens with two attached hydrogens (primary N) is 1. The van der Waals surface area contributed by atoms with Gasteiger partial charge in [-0.1, -0.05) is 6.42 Å². The van der Waals surface area contributed by atoms with Gasteiger partial charge in [0.15, 0.2) is 0 Å². The van der Waals surface area contributed by atoms with Gasteiger partial charge in [0.05, 0.1) is 0 Å². The van der Waals surface area contributed by atoms with Gasteiger partial charge in [0.25, 0.3) is 0 Å². The fourth-order valence-electron chi connectivity index (χ4n) is 1.91. The molecule has 1 unspecified atom stereocenters. The standard InChI is InChI=1S/C9H17N5/c1-14-9(11-6-12-14)5-8(13-10)7-3-2-4-7/h6-8,13H,2-5,10H2,1H3. The van der Waals surface area contributed by atoms with Crippen LogP contribution in [-0.4, -0.2) is 20.8 Å². The number of nitrogens with zero attached hydrogens (tertiary/aromatic N) is 3. The van der Waals surface area contributed by atoms with Crippen molar-refractivity contribution >= 4 is 0 Å². The lowest BCUT2D eigenvalue weighted by Crippen LogP contribution is -2.45. The van der Waals surface area contributed by atoms with E-state index in [4.69, 9.17) is 5.84 Å². The molecule has 3 N–H and O–H groups in total. The summed E-state index contributed by atoms with van der Waals surface area (Å²) < 4.78 is 1.81. The Hall–Kier alpha value is -0.940. The molecule has 0 radical (unpaired) electrons. The number of hydrogen-bond donors (Lipinski definition) is 2. The molecule has 1 aliphatic carbocycles. The third-order valence-electron chi connectivity index (χ3n) is 3.14. The summed E-state index contributed by atoms with van der Waals surface area (Å²) in [5.74, 6) is 7.26. The molecule has 1 aromatic heterocycles. The van der Waals surface area contributed by atoms with Crippen molar-refractivity contribution in [2.75, 3.05) is 0 Å². The van der Waals surface area contributed by atoms with Gasteiger partial charge in [-0.25, -0.2) is 4.98 Å². The molecular formula is C9H17N5. The Bertz CT molecular complexity index is 291. The highest BCUT2D eigenvalue weighted by atomic mass is 15.3. The number of aromatic nitrogens is 3. The second-order valence-electron chi connectivity index (χ2n) is 3.97. The third-order valence-corrected chi connectivity index (χ3v) is 3.14. The van der Waals surface area contributed by atoms with E-state index >= 15 is 0 Å². The molecule has 5 nitrogen and oxygen atoms in total. The van der Waals surface area contributed by atoms with Gasteiger partial charge >= 0.3 is 0 Å². The Labute approximate surface area is 83.7 Å². The predicted octanol–water partition coefficient (Wildman–Crippen LogP) is -0.0104. The van der Waals surface area contributed by atoms with Gasteiger partial charge in [0.1, 0.15) is 12.2 Å². The first-order valence-corrected chi connectivity index (χ1v) is 5.10.